The SMILES string of the molecule is CCc1nc(C)cn1CCC(C)(N)C(N)=O. The Labute approximate surface area is 95.8 Å². The van der Waals surface area contributed by atoms with Gasteiger partial charge in [-0.05, 0) is 20.3 Å². The maximum absolute atomic E-state index is 11.1. The molecule has 0 spiro atoms. The minimum atomic E-state index is -0.955. The van der Waals surface area contributed by atoms with Crippen molar-refractivity contribution in [1.82, 2.24) is 9.55 Å². The van der Waals surface area contributed by atoms with Gasteiger partial charge in [-0.2, -0.15) is 0 Å². The Morgan fingerprint density at radius 1 is 1.62 bits per heavy atom. The van der Waals surface area contributed by atoms with E-state index in [1.165, 1.54) is 0 Å². The van der Waals surface area contributed by atoms with E-state index in [1.54, 1.807) is 6.92 Å². The van der Waals surface area contributed by atoms with E-state index in [-0.39, 0.29) is 0 Å². The van der Waals surface area contributed by atoms with Crippen LogP contribution in [0.1, 0.15) is 31.8 Å². The van der Waals surface area contributed by atoms with E-state index in [2.05, 4.69) is 4.98 Å². The van der Waals surface area contributed by atoms with Gasteiger partial charge in [-0.3, -0.25) is 4.79 Å². The average Bonchev–Trinajstić information content (AvgIpc) is 2.56. The van der Waals surface area contributed by atoms with Gasteiger partial charge >= 0.3 is 0 Å². The second-order valence-corrected chi connectivity index (χ2v) is 4.38. The van der Waals surface area contributed by atoms with E-state index in [0.717, 1.165) is 17.9 Å². The van der Waals surface area contributed by atoms with Crippen LogP contribution in [-0.2, 0) is 17.8 Å². The van der Waals surface area contributed by atoms with Crippen LogP contribution in [0.25, 0.3) is 0 Å². The predicted octanol–water partition coefficient (Wildman–Crippen LogP) is 0.347. The van der Waals surface area contributed by atoms with Gasteiger partial charge in [-0.1, -0.05) is 6.92 Å². The Morgan fingerprint density at radius 2 is 2.25 bits per heavy atom. The summed E-state index contributed by atoms with van der Waals surface area (Å²) in [7, 11) is 0. The van der Waals surface area contributed by atoms with E-state index in [0.29, 0.717) is 13.0 Å². The Kier molecular flexibility index (Phi) is 3.70. The van der Waals surface area contributed by atoms with Crippen molar-refractivity contribution in [2.24, 2.45) is 11.5 Å². The second kappa shape index (κ2) is 4.65. The lowest BCUT2D eigenvalue weighted by Gasteiger charge is -2.20. The van der Waals surface area contributed by atoms with Gasteiger partial charge in [0.05, 0.1) is 11.2 Å². The molecule has 1 aromatic rings. The molecule has 0 aliphatic carbocycles. The molecule has 0 radical (unpaired) electrons. The Bertz CT molecular complexity index is 381. The Balaban J connectivity index is 2.71. The van der Waals surface area contributed by atoms with E-state index >= 15 is 0 Å². The molecule has 0 aromatic carbocycles. The van der Waals surface area contributed by atoms with E-state index in [4.69, 9.17) is 11.5 Å². The number of carbonyl (C=O) groups excluding carboxylic acids is 1. The summed E-state index contributed by atoms with van der Waals surface area (Å²) in [5.74, 6) is 0.542. The van der Waals surface area contributed by atoms with Crippen LogP contribution < -0.4 is 11.5 Å². The van der Waals surface area contributed by atoms with Gasteiger partial charge in [-0.25, -0.2) is 4.98 Å². The zero-order valence-corrected chi connectivity index (χ0v) is 10.2. The van der Waals surface area contributed by atoms with Gasteiger partial charge in [-0.15, -0.1) is 0 Å². The summed E-state index contributed by atoms with van der Waals surface area (Å²) in [6.45, 7) is 6.32. The van der Waals surface area contributed by atoms with Crippen molar-refractivity contribution in [3.8, 4) is 0 Å². The number of aryl methyl sites for hydroxylation is 3. The van der Waals surface area contributed by atoms with Crippen LogP contribution >= 0.6 is 0 Å². The zero-order chi connectivity index (χ0) is 12.3. The first kappa shape index (κ1) is 12.7. The molecule has 1 atom stereocenters. The lowest BCUT2D eigenvalue weighted by molar-refractivity contribution is -0.122. The zero-order valence-electron chi connectivity index (χ0n) is 10.2. The smallest absolute Gasteiger partial charge is 0.237 e. The number of rotatable bonds is 5. The molecule has 5 nitrogen and oxygen atoms in total. The van der Waals surface area contributed by atoms with Gasteiger partial charge in [0, 0.05) is 19.2 Å². The van der Waals surface area contributed by atoms with Gasteiger partial charge in [0.2, 0.25) is 5.91 Å². The number of amides is 1. The predicted molar refractivity (Wildman–Crippen MR) is 62.7 cm³/mol. The van der Waals surface area contributed by atoms with Crippen molar-refractivity contribution in [2.75, 3.05) is 0 Å². The highest BCUT2D eigenvalue weighted by Crippen LogP contribution is 2.10. The third kappa shape index (κ3) is 2.82. The molecule has 0 fully saturated rings. The van der Waals surface area contributed by atoms with Crippen molar-refractivity contribution in [2.45, 2.75) is 45.7 Å². The third-order valence-electron chi connectivity index (χ3n) is 2.73. The normalized spacial score (nSPS) is 14.8. The second-order valence-electron chi connectivity index (χ2n) is 4.38. The van der Waals surface area contributed by atoms with Crippen molar-refractivity contribution in [3.63, 3.8) is 0 Å². The molecule has 1 rings (SSSR count). The molecule has 4 N–H and O–H groups in total. The van der Waals surface area contributed by atoms with Crippen molar-refractivity contribution in [3.05, 3.63) is 17.7 Å². The number of aromatic nitrogens is 2. The molecule has 90 valence electrons. The first-order valence-electron chi connectivity index (χ1n) is 5.48. The van der Waals surface area contributed by atoms with Crippen LogP contribution in [0.4, 0.5) is 0 Å². The van der Waals surface area contributed by atoms with Crippen LogP contribution in [0, 0.1) is 6.92 Å². The lowest BCUT2D eigenvalue weighted by Crippen LogP contribution is -2.49. The molecule has 1 aromatic heterocycles. The molecule has 0 bridgehead atoms. The molecule has 16 heavy (non-hydrogen) atoms. The molecule has 0 saturated carbocycles. The maximum atomic E-state index is 11.1. The largest absolute Gasteiger partial charge is 0.368 e. The fourth-order valence-corrected chi connectivity index (χ4v) is 1.55. The quantitative estimate of drug-likeness (QED) is 0.756. The van der Waals surface area contributed by atoms with Crippen molar-refractivity contribution >= 4 is 5.91 Å². The highest BCUT2D eigenvalue weighted by molar-refractivity contribution is 5.83. The lowest BCUT2D eigenvalue weighted by atomic mass is 9.99. The maximum Gasteiger partial charge on any atom is 0.237 e. The molecular weight excluding hydrogens is 204 g/mol. The number of imidazole rings is 1. The van der Waals surface area contributed by atoms with E-state index < -0.39 is 11.4 Å². The number of carbonyl (C=O) groups is 1. The van der Waals surface area contributed by atoms with Gasteiger partial charge in [0.25, 0.3) is 0 Å². The monoisotopic (exact) mass is 224 g/mol. The van der Waals surface area contributed by atoms with Crippen LogP contribution in [0.5, 0.6) is 0 Å². The molecular formula is C11H20N4O. The minimum absolute atomic E-state index is 0.470. The number of nitrogens with two attached hydrogens (primary N) is 2. The summed E-state index contributed by atoms with van der Waals surface area (Å²) in [6, 6.07) is 0. The Hall–Kier alpha value is -1.36. The third-order valence-corrected chi connectivity index (χ3v) is 2.73. The number of hydrogen-bond donors (Lipinski definition) is 2. The van der Waals surface area contributed by atoms with E-state index in [9.17, 15) is 4.79 Å². The summed E-state index contributed by atoms with van der Waals surface area (Å²) >= 11 is 0. The fraction of sp³-hybridized carbons (Fsp3) is 0.636. The first-order valence-corrected chi connectivity index (χ1v) is 5.48. The summed E-state index contributed by atoms with van der Waals surface area (Å²) in [5, 5.41) is 0. The average molecular weight is 224 g/mol. The molecule has 1 heterocycles. The summed E-state index contributed by atoms with van der Waals surface area (Å²) in [6.07, 6.45) is 3.35. The van der Waals surface area contributed by atoms with Crippen LogP contribution in [0.3, 0.4) is 0 Å². The summed E-state index contributed by atoms with van der Waals surface area (Å²) < 4.78 is 2.03. The molecule has 1 unspecified atom stereocenters. The van der Waals surface area contributed by atoms with Gasteiger partial charge < -0.3 is 16.0 Å². The molecule has 1 amide bonds. The molecule has 5 heteroatoms. The standard InChI is InChI=1S/C11H20N4O/c1-4-9-14-8(2)7-15(9)6-5-11(3,13)10(12)16/h7H,4-6,13H2,1-3H3,(H2,12,16). The van der Waals surface area contributed by atoms with Crippen molar-refractivity contribution in [1.29, 1.82) is 0 Å². The number of primary amides is 1. The fourth-order valence-electron chi connectivity index (χ4n) is 1.55. The first-order chi connectivity index (χ1) is 7.36. The number of hydrogen-bond acceptors (Lipinski definition) is 3. The van der Waals surface area contributed by atoms with Crippen LogP contribution in [-0.4, -0.2) is 21.0 Å². The van der Waals surface area contributed by atoms with Gasteiger partial charge in [0.15, 0.2) is 0 Å². The minimum Gasteiger partial charge on any atom is -0.368 e. The van der Waals surface area contributed by atoms with E-state index in [1.807, 2.05) is 24.6 Å². The molecule has 0 aliphatic heterocycles. The topological polar surface area (TPSA) is 86.9 Å². The molecule has 0 saturated heterocycles. The molecule has 0 aliphatic rings. The van der Waals surface area contributed by atoms with Crippen LogP contribution in [0.2, 0.25) is 0 Å². The Morgan fingerprint density at radius 3 is 2.75 bits per heavy atom. The van der Waals surface area contributed by atoms with Gasteiger partial charge in [0.1, 0.15) is 5.82 Å². The van der Waals surface area contributed by atoms with Crippen LogP contribution in [0.15, 0.2) is 6.20 Å². The summed E-state index contributed by atoms with van der Waals surface area (Å²) in [4.78, 5) is 15.5. The highest BCUT2D eigenvalue weighted by Gasteiger charge is 2.25. The van der Waals surface area contributed by atoms with Crippen molar-refractivity contribution < 1.29 is 4.79 Å². The number of nitrogens with zero attached hydrogens (tertiary/aromatic N) is 2. The summed E-state index contributed by atoms with van der Waals surface area (Å²) in [5.41, 5.74) is 11.0. The highest BCUT2D eigenvalue weighted by atomic mass is 16.1.